The number of hydrogen-bond acceptors (Lipinski definition) is 3. The maximum absolute atomic E-state index is 4.70. The fourth-order valence-corrected chi connectivity index (χ4v) is 4.92. The third-order valence-corrected chi connectivity index (χ3v) is 6.34. The summed E-state index contributed by atoms with van der Waals surface area (Å²) >= 11 is 0. The highest BCUT2D eigenvalue weighted by Crippen LogP contribution is 2.32. The summed E-state index contributed by atoms with van der Waals surface area (Å²) in [5.74, 6) is 0. The van der Waals surface area contributed by atoms with E-state index < -0.39 is 0 Å². The number of halogens is 1. The van der Waals surface area contributed by atoms with Gasteiger partial charge in [-0.1, -0.05) is 18.2 Å². The fraction of sp³-hybridized carbons (Fsp3) is 0.500. The molecule has 0 amide bonds. The lowest BCUT2D eigenvalue weighted by atomic mass is 9.90. The number of rotatable bonds is 5. The van der Waals surface area contributed by atoms with Crippen LogP contribution in [-0.2, 0) is 20.5 Å². The van der Waals surface area contributed by atoms with Crippen LogP contribution < -0.4 is 33.9 Å². The molecule has 0 bridgehead atoms. The van der Waals surface area contributed by atoms with Gasteiger partial charge in [0, 0.05) is 37.4 Å². The van der Waals surface area contributed by atoms with E-state index in [-0.39, 0.29) is 24.0 Å². The zero-order chi connectivity index (χ0) is 20.4. The van der Waals surface area contributed by atoms with Gasteiger partial charge >= 0.3 is 0 Å². The average molecular weight is 519 g/mol. The molecule has 4 heterocycles. The van der Waals surface area contributed by atoms with Gasteiger partial charge in [0.25, 0.3) is 0 Å². The molecule has 2 unspecified atom stereocenters. The van der Waals surface area contributed by atoms with Crippen molar-refractivity contribution in [3.05, 3.63) is 71.2 Å². The number of aryl methyl sites for hydroxylation is 3. The minimum absolute atomic E-state index is 0. The number of hydrogen-bond donors (Lipinski definition) is 1. The van der Waals surface area contributed by atoms with Crippen molar-refractivity contribution in [2.24, 2.45) is 14.1 Å². The number of pyridine rings is 1. The first-order valence-corrected chi connectivity index (χ1v) is 10.8. The lowest BCUT2D eigenvalue weighted by molar-refractivity contribution is -0.671. The van der Waals surface area contributed by atoms with Crippen LogP contribution in [0.15, 0.2) is 54.3 Å². The van der Waals surface area contributed by atoms with Crippen LogP contribution in [0, 0.1) is 6.92 Å². The molecule has 2 aliphatic heterocycles. The van der Waals surface area contributed by atoms with Crippen molar-refractivity contribution in [2.75, 3.05) is 13.1 Å². The molecular weight excluding hydrogens is 485 g/mol. The van der Waals surface area contributed by atoms with Gasteiger partial charge in [0.1, 0.15) is 11.9 Å². The van der Waals surface area contributed by atoms with Crippen molar-refractivity contribution in [3.8, 4) is 0 Å². The van der Waals surface area contributed by atoms with Gasteiger partial charge in [-0.05, 0) is 50.3 Å². The Morgan fingerprint density at radius 1 is 1.23 bits per heavy atom. The molecule has 1 saturated heterocycles. The molecule has 2 aromatic rings. The van der Waals surface area contributed by atoms with Crippen LogP contribution in [0.5, 0.6) is 0 Å². The molecule has 2 aromatic heterocycles. The molecule has 5 nitrogen and oxygen atoms in total. The second-order valence-electron chi connectivity index (χ2n) is 8.59. The van der Waals surface area contributed by atoms with Crippen molar-refractivity contribution in [1.29, 1.82) is 0 Å². The smallest absolute Gasteiger partial charge is 0.243 e. The summed E-state index contributed by atoms with van der Waals surface area (Å²) in [6.45, 7) is 6.47. The average Bonchev–Trinajstić information content (AvgIpc) is 3.04. The van der Waals surface area contributed by atoms with E-state index in [1.807, 2.05) is 12.3 Å². The van der Waals surface area contributed by atoms with Crippen LogP contribution in [0.4, 0.5) is 0 Å². The minimum Gasteiger partial charge on any atom is -1.00 e. The van der Waals surface area contributed by atoms with E-state index in [9.17, 15) is 0 Å². The second-order valence-corrected chi connectivity index (χ2v) is 8.59. The van der Waals surface area contributed by atoms with E-state index in [1.165, 1.54) is 41.1 Å². The van der Waals surface area contributed by atoms with Gasteiger partial charge in [-0.25, -0.2) is 9.13 Å². The van der Waals surface area contributed by atoms with Crippen LogP contribution >= 0.6 is 0 Å². The van der Waals surface area contributed by atoms with Gasteiger partial charge in [0.15, 0.2) is 0 Å². The Morgan fingerprint density at radius 3 is 2.77 bits per heavy atom. The van der Waals surface area contributed by atoms with E-state index in [2.05, 4.69) is 78.0 Å². The number of imidazole rings is 1. The van der Waals surface area contributed by atoms with Gasteiger partial charge in [0.05, 0.1) is 25.8 Å². The van der Waals surface area contributed by atoms with E-state index in [0.29, 0.717) is 12.1 Å². The Balaban J connectivity index is 0.00000256. The summed E-state index contributed by atoms with van der Waals surface area (Å²) in [4.78, 5) is 7.27. The van der Waals surface area contributed by atoms with Gasteiger partial charge in [-0.3, -0.25) is 4.98 Å². The summed E-state index contributed by atoms with van der Waals surface area (Å²) in [6, 6.07) is 4.94. The SMILES string of the molecule is CC1=C(C2CCCC(c3ncccc3C)N2)N(CCc2c[n+](C)cn2C)CC=C1.[I-]. The Labute approximate surface area is 197 Å². The summed E-state index contributed by atoms with van der Waals surface area (Å²) in [7, 11) is 4.23. The number of aromatic nitrogens is 3. The van der Waals surface area contributed by atoms with Crippen molar-refractivity contribution in [1.82, 2.24) is 19.8 Å². The first kappa shape index (κ1) is 23.0. The quantitative estimate of drug-likeness (QED) is 0.451. The van der Waals surface area contributed by atoms with Crippen LogP contribution in [0.1, 0.15) is 49.2 Å². The maximum Gasteiger partial charge on any atom is 0.243 e. The van der Waals surface area contributed by atoms with Gasteiger partial charge in [0.2, 0.25) is 6.33 Å². The zero-order valence-corrected chi connectivity index (χ0v) is 20.8. The van der Waals surface area contributed by atoms with Crippen molar-refractivity contribution in [2.45, 2.75) is 51.6 Å². The fourth-order valence-electron chi connectivity index (χ4n) is 4.92. The monoisotopic (exact) mass is 519 g/mol. The van der Waals surface area contributed by atoms with E-state index >= 15 is 0 Å². The van der Waals surface area contributed by atoms with Crippen molar-refractivity contribution >= 4 is 0 Å². The van der Waals surface area contributed by atoms with Crippen LogP contribution in [0.25, 0.3) is 0 Å². The summed E-state index contributed by atoms with van der Waals surface area (Å²) in [5, 5.41) is 3.95. The lowest BCUT2D eigenvalue weighted by Crippen LogP contribution is -3.00. The van der Waals surface area contributed by atoms with E-state index in [0.717, 1.165) is 25.9 Å². The molecule has 30 heavy (non-hydrogen) atoms. The molecule has 0 radical (unpaired) electrons. The molecule has 2 atom stereocenters. The van der Waals surface area contributed by atoms with Crippen LogP contribution in [-0.4, -0.2) is 33.6 Å². The molecule has 1 N–H and O–H groups in total. The molecular formula is C24H34IN5. The van der Waals surface area contributed by atoms with Crippen LogP contribution in [0.3, 0.4) is 0 Å². The van der Waals surface area contributed by atoms with E-state index in [1.54, 1.807) is 0 Å². The second kappa shape index (κ2) is 10.1. The largest absolute Gasteiger partial charge is 1.00 e. The third kappa shape index (κ3) is 4.97. The van der Waals surface area contributed by atoms with Gasteiger partial charge in [-0.15, -0.1) is 0 Å². The first-order chi connectivity index (χ1) is 14.0. The highest BCUT2D eigenvalue weighted by Gasteiger charge is 2.30. The van der Waals surface area contributed by atoms with Gasteiger partial charge < -0.3 is 34.2 Å². The molecule has 0 aromatic carbocycles. The summed E-state index contributed by atoms with van der Waals surface area (Å²) < 4.78 is 4.37. The molecule has 1 fully saturated rings. The Kier molecular flexibility index (Phi) is 7.74. The number of nitrogens with one attached hydrogen (secondary N) is 1. The predicted molar refractivity (Wildman–Crippen MR) is 116 cm³/mol. The predicted octanol–water partition coefficient (Wildman–Crippen LogP) is 0.129. The van der Waals surface area contributed by atoms with Crippen molar-refractivity contribution in [3.63, 3.8) is 0 Å². The summed E-state index contributed by atoms with van der Waals surface area (Å²) in [5.41, 5.74) is 6.74. The zero-order valence-electron chi connectivity index (χ0n) is 18.6. The number of nitrogens with zero attached hydrogens (tertiary/aromatic N) is 4. The minimum atomic E-state index is 0. The van der Waals surface area contributed by atoms with Gasteiger partial charge in [-0.2, -0.15) is 0 Å². The Morgan fingerprint density at radius 2 is 2.03 bits per heavy atom. The molecule has 4 rings (SSSR count). The Bertz CT molecular complexity index is 929. The highest BCUT2D eigenvalue weighted by atomic mass is 127. The standard InChI is InChI=1S/C24H34N5.HI/c1-18-8-6-13-25-23(18)21-10-5-11-22(26-21)24-19(2)9-7-14-29(24)15-12-20-16-27(3)17-28(20)4;/h6-9,13,16-17,21-22,26H,5,10-12,14-15H2,1-4H3;1H/q+1;/p-1. The van der Waals surface area contributed by atoms with Crippen molar-refractivity contribution < 1.29 is 28.5 Å². The lowest BCUT2D eigenvalue weighted by Gasteiger charge is -2.40. The van der Waals surface area contributed by atoms with Crippen LogP contribution in [0.2, 0.25) is 0 Å². The maximum atomic E-state index is 4.70. The first-order valence-electron chi connectivity index (χ1n) is 10.8. The Hall–Kier alpha value is -1.67. The molecule has 162 valence electrons. The number of allylic oxidation sites excluding steroid dienone is 2. The molecule has 0 spiro atoms. The molecule has 6 heteroatoms. The number of piperidine rings is 1. The van der Waals surface area contributed by atoms with E-state index in [4.69, 9.17) is 4.98 Å². The molecule has 0 aliphatic carbocycles. The molecule has 0 saturated carbocycles. The highest BCUT2D eigenvalue weighted by molar-refractivity contribution is 5.32. The third-order valence-electron chi connectivity index (χ3n) is 6.34. The topological polar surface area (TPSA) is 37.0 Å². The summed E-state index contributed by atoms with van der Waals surface area (Å²) in [6.07, 6.45) is 15.5. The normalized spacial score (nSPS) is 21.7. The molecule has 2 aliphatic rings.